The number of nitrogens with zero attached hydrogens (tertiary/aromatic N) is 1. The first kappa shape index (κ1) is 18.3. The minimum atomic E-state index is 0.0657. The van der Waals surface area contributed by atoms with Gasteiger partial charge in [0, 0.05) is 0 Å². The van der Waals surface area contributed by atoms with Crippen molar-refractivity contribution in [3.05, 3.63) is 53.6 Å². The summed E-state index contributed by atoms with van der Waals surface area (Å²) in [5.74, 6) is 1.31. The van der Waals surface area contributed by atoms with Crippen LogP contribution in [0.4, 0.5) is 0 Å². The SMILES string of the molecule is CCOc1ccc2nc(SCC(=O)N[C@@H]3CCCc4ccccc43)sc2c1. The van der Waals surface area contributed by atoms with Gasteiger partial charge in [0.2, 0.25) is 5.91 Å². The molecule has 1 N–H and O–H groups in total. The maximum Gasteiger partial charge on any atom is 0.230 e. The smallest absolute Gasteiger partial charge is 0.230 e. The van der Waals surface area contributed by atoms with Crippen LogP contribution < -0.4 is 10.1 Å². The Bertz CT molecular complexity index is 954. The molecule has 0 spiro atoms. The van der Waals surface area contributed by atoms with Gasteiger partial charge in [0.15, 0.2) is 4.34 Å². The molecule has 140 valence electrons. The Morgan fingerprint density at radius 2 is 2.22 bits per heavy atom. The van der Waals surface area contributed by atoms with Gasteiger partial charge in [0.05, 0.1) is 28.6 Å². The molecule has 0 saturated heterocycles. The van der Waals surface area contributed by atoms with Crippen LogP contribution in [0.1, 0.15) is 36.9 Å². The number of carbonyl (C=O) groups is 1. The van der Waals surface area contributed by atoms with E-state index in [4.69, 9.17) is 4.74 Å². The van der Waals surface area contributed by atoms with Gasteiger partial charge in [-0.25, -0.2) is 4.98 Å². The zero-order valence-corrected chi connectivity index (χ0v) is 16.9. The topological polar surface area (TPSA) is 51.2 Å². The fourth-order valence-corrected chi connectivity index (χ4v) is 5.38. The molecular formula is C21H22N2O2S2. The number of hydrogen-bond donors (Lipinski definition) is 1. The summed E-state index contributed by atoms with van der Waals surface area (Å²) in [4.78, 5) is 17.1. The van der Waals surface area contributed by atoms with Crippen molar-refractivity contribution in [2.24, 2.45) is 0 Å². The Morgan fingerprint density at radius 3 is 3.11 bits per heavy atom. The highest BCUT2D eigenvalue weighted by Gasteiger charge is 2.21. The van der Waals surface area contributed by atoms with Gasteiger partial charge in [0.25, 0.3) is 0 Å². The summed E-state index contributed by atoms with van der Waals surface area (Å²) < 4.78 is 7.55. The summed E-state index contributed by atoms with van der Waals surface area (Å²) in [7, 11) is 0. The van der Waals surface area contributed by atoms with Gasteiger partial charge in [-0.1, -0.05) is 36.0 Å². The van der Waals surface area contributed by atoms with E-state index in [0.29, 0.717) is 12.4 Å². The zero-order chi connectivity index (χ0) is 18.6. The van der Waals surface area contributed by atoms with E-state index in [2.05, 4.69) is 34.6 Å². The van der Waals surface area contributed by atoms with Crippen molar-refractivity contribution in [1.29, 1.82) is 0 Å². The van der Waals surface area contributed by atoms with Crippen LogP contribution in [0.15, 0.2) is 46.8 Å². The van der Waals surface area contributed by atoms with Crippen molar-refractivity contribution in [1.82, 2.24) is 10.3 Å². The number of rotatable bonds is 6. The molecular weight excluding hydrogens is 376 g/mol. The first-order chi connectivity index (χ1) is 13.2. The summed E-state index contributed by atoms with van der Waals surface area (Å²) in [6.07, 6.45) is 3.23. The van der Waals surface area contributed by atoms with Crippen LogP contribution in [-0.4, -0.2) is 23.3 Å². The molecule has 27 heavy (non-hydrogen) atoms. The third-order valence-corrected chi connectivity index (χ3v) is 6.84. The maximum atomic E-state index is 12.5. The van der Waals surface area contributed by atoms with Crippen molar-refractivity contribution < 1.29 is 9.53 Å². The number of aromatic nitrogens is 1. The largest absolute Gasteiger partial charge is 0.494 e. The van der Waals surface area contributed by atoms with Crippen molar-refractivity contribution >= 4 is 39.2 Å². The second-order valence-electron chi connectivity index (χ2n) is 6.54. The highest BCUT2D eigenvalue weighted by atomic mass is 32.2. The Kier molecular flexibility index (Phi) is 5.64. The van der Waals surface area contributed by atoms with Crippen LogP contribution in [0.25, 0.3) is 10.2 Å². The first-order valence-electron chi connectivity index (χ1n) is 9.26. The summed E-state index contributed by atoms with van der Waals surface area (Å²) in [5.41, 5.74) is 3.58. The lowest BCUT2D eigenvalue weighted by atomic mass is 9.88. The molecule has 4 nitrogen and oxygen atoms in total. The minimum Gasteiger partial charge on any atom is -0.494 e. The third-order valence-electron chi connectivity index (χ3n) is 4.68. The van der Waals surface area contributed by atoms with Crippen LogP contribution in [0.5, 0.6) is 5.75 Å². The van der Waals surface area contributed by atoms with E-state index in [1.807, 2.05) is 25.1 Å². The number of hydrogen-bond acceptors (Lipinski definition) is 5. The average molecular weight is 399 g/mol. The molecule has 1 aliphatic rings. The van der Waals surface area contributed by atoms with E-state index >= 15 is 0 Å². The molecule has 1 heterocycles. The summed E-state index contributed by atoms with van der Waals surface area (Å²) in [6, 6.07) is 14.5. The quantitative estimate of drug-likeness (QED) is 0.595. The van der Waals surface area contributed by atoms with Crippen LogP contribution in [0.2, 0.25) is 0 Å². The molecule has 0 fully saturated rings. The Balaban J connectivity index is 1.38. The van der Waals surface area contributed by atoms with Gasteiger partial charge in [-0.3, -0.25) is 4.79 Å². The summed E-state index contributed by atoms with van der Waals surface area (Å²) in [6.45, 7) is 2.62. The molecule has 4 rings (SSSR count). The van der Waals surface area contributed by atoms with Crippen LogP contribution in [0, 0.1) is 0 Å². The van der Waals surface area contributed by atoms with Gasteiger partial charge in [-0.05, 0) is 55.5 Å². The monoisotopic (exact) mass is 398 g/mol. The van der Waals surface area contributed by atoms with Crippen LogP contribution >= 0.6 is 23.1 Å². The molecule has 3 aromatic rings. The molecule has 2 aromatic carbocycles. The molecule has 0 aliphatic heterocycles. The number of benzene rings is 2. The standard InChI is InChI=1S/C21H22N2O2S2/c1-2-25-15-10-11-18-19(12-15)27-21(23-18)26-13-20(24)22-17-9-5-7-14-6-3-4-8-16(14)17/h3-4,6,8,10-12,17H,2,5,7,9,13H2,1H3,(H,22,24)/t17-/m1/s1. The third kappa shape index (κ3) is 4.28. The highest BCUT2D eigenvalue weighted by Crippen LogP contribution is 2.33. The van der Waals surface area contributed by atoms with E-state index in [1.165, 1.54) is 22.9 Å². The minimum absolute atomic E-state index is 0.0657. The molecule has 0 bridgehead atoms. The maximum absolute atomic E-state index is 12.5. The predicted octanol–water partition coefficient (Wildman–Crippen LogP) is 4.98. The number of thioether (sulfide) groups is 1. The van der Waals surface area contributed by atoms with Gasteiger partial charge >= 0.3 is 0 Å². The number of carbonyl (C=O) groups excluding carboxylic acids is 1. The van der Waals surface area contributed by atoms with Gasteiger partial charge in [0.1, 0.15) is 5.75 Å². The van der Waals surface area contributed by atoms with Crippen molar-refractivity contribution in [2.45, 2.75) is 36.6 Å². The second-order valence-corrected chi connectivity index (χ2v) is 8.80. The van der Waals surface area contributed by atoms with E-state index in [-0.39, 0.29) is 11.9 Å². The van der Waals surface area contributed by atoms with E-state index in [0.717, 1.165) is 39.6 Å². The summed E-state index contributed by atoms with van der Waals surface area (Å²) >= 11 is 3.10. The Morgan fingerprint density at radius 1 is 1.33 bits per heavy atom. The molecule has 0 radical (unpaired) electrons. The molecule has 6 heteroatoms. The highest BCUT2D eigenvalue weighted by molar-refractivity contribution is 8.01. The molecule has 0 saturated carbocycles. The number of thiazole rings is 1. The lowest BCUT2D eigenvalue weighted by molar-refractivity contribution is -0.119. The Hall–Kier alpha value is -2.05. The van der Waals surface area contributed by atoms with Crippen molar-refractivity contribution in [3.8, 4) is 5.75 Å². The van der Waals surface area contributed by atoms with Crippen LogP contribution in [-0.2, 0) is 11.2 Å². The lowest BCUT2D eigenvalue weighted by Gasteiger charge is -2.26. The van der Waals surface area contributed by atoms with E-state index in [1.54, 1.807) is 11.3 Å². The van der Waals surface area contributed by atoms with E-state index < -0.39 is 0 Å². The molecule has 1 aliphatic carbocycles. The van der Waals surface area contributed by atoms with E-state index in [9.17, 15) is 4.79 Å². The van der Waals surface area contributed by atoms with Gasteiger partial charge in [-0.2, -0.15) is 0 Å². The average Bonchev–Trinajstić information content (AvgIpc) is 3.09. The Labute approximate surface area is 167 Å². The number of nitrogens with one attached hydrogen (secondary N) is 1. The fourth-order valence-electron chi connectivity index (χ4n) is 3.47. The van der Waals surface area contributed by atoms with Crippen molar-refractivity contribution in [2.75, 3.05) is 12.4 Å². The fraction of sp³-hybridized carbons (Fsp3) is 0.333. The van der Waals surface area contributed by atoms with Crippen molar-refractivity contribution in [3.63, 3.8) is 0 Å². The predicted molar refractivity (Wildman–Crippen MR) is 112 cm³/mol. The van der Waals surface area contributed by atoms with Gasteiger partial charge in [-0.15, -0.1) is 11.3 Å². The number of ether oxygens (including phenoxy) is 1. The zero-order valence-electron chi connectivity index (χ0n) is 15.2. The second kappa shape index (κ2) is 8.31. The normalized spacial score (nSPS) is 16.1. The molecule has 0 unspecified atom stereocenters. The first-order valence-corrected chi connectivity index (χ1v) is 11.1. The van der Waals surface area contributed by atoms with Crippen LogP contribution in [0.3, 0.4) is 0 Å². The molecule has 1 amide bonds. The molecule has 1 atom stereocenters. The van der Waals surface area contributed by atoms with Gasteiger partial charge < -0.3 is 10.1 Å². The number of aryl methyl sites for hydroxylation is 1. The molecule has 1 aromatic heterocycles. The lowest BCUT2D eigenvalue weighted by Crippen LogP contribution is -2.32. The summed E-state index contributed by atoms with van der Waals surface area (Å²) in [5, 5.41) is 3.20. The number of fused-ring (bicyclic) bond motifs is 2. The number of amides is 1.